The number of hydrogen-bond donors (Lipinski definition) is 1. The number of nitrogens with one attached hydrogen (secondary N) is 1. The molecule has 144 valence electrons. The van der Waals surface area contributed by atoms with E-state index in [9.17, 15) is 22.0 Å². The van der Waals surface area contributed by atoms with Crippen LogP contribution in [0.1, 0.15) is 19.3 Å². The van der Waals surface area contributed by atoms with E-state index in [2.05, 4.69) is 5.32 Å². The van der Waals surface area contributed by atoms with Gasteiger partial charge in [-0.15, -0.1) is 0 Å². The molecule has 2 aromatic carbocycles. The second-order valence-corrected chi connectivity index (χ2v) is 8.53. The molecule has 3 rings (SSSR count). The lowest BCUT2D eigenvalue weighted by Gasteiger charge is -2.33. The molecule has 0 aromatic heterocycles. The van der Waals surface area contributed by atoms with Crippen LogP contribution in [0.2, 0.25) is 5.02 Å². The van der Waals surface area contributed by atoms with Crippen molar-refractivity contribution < 1.29 is 22.0 Å². The van der Waals surface area contributed by atoms with Crippen LogP contribution in [0, 0.1) is 11.6 Å². The molecule has 0 radical (unpaired) electrons. The van der Waals surface area contributed by atoms with E-state index in [1.807, 2.05) is 0 Å². The zero-order valence-corrected chi connectivity index (χ0v) is 15.7. The molecule has 0 spiro atoms. The molecule has 1 N–H and O–H groups in total. The molecule has 9 heteroatoms. The number of hydrogen-bond acceptors (Lipinski definition) is 3. The minimum atomic E-state index is -3.90. The number of benzene rings is 2. The van der Waals surface area contributed by atoms with E-state index < -0.39 is 33.6 Å². The van der Waals surface area contributed by atoms with Gasteiger partial charge in [-0.1, -0.05) is 18.0 Å². The molecule has 0 saturated carbocycles. The van der Waals surface area contributed by atoms with Gasteiger partial charge in [0.2, 0.25) is 15.9 Å². The minimum absolute atomic E-state index is 0.0411. The molecule has 1 saturated heterocycles. The summed E-state index contributed by atoms with van der Waals surface area (Å²) in [5, 5.41) is 2.87. The Labute approximate surface area is 161 Å². The molecule has 27 heavy (non-hydrogen) atoms. The highest BCUT2D eigenvalue weighted by molar-refractivity contribution is 7.89. The van der Waals surface area contributed by atoms with Crippen LogP contribution in [0.25, 0.3) is 0 Å². The highest BCUT2D eigenvalue weighted by atomic mass is 35.5. The third-order valence-electron chi connectivity index (χ3n) is 4.36. The number of rotatable bonds is 4. The van der Waals surface area contributed by atoms with Gasteiger partial charge < -0.3 is 5.32 Å². The fourth-order valence-corrected chi connectivity index (χ4v) is 4.78. The largest absolute Gasteiger partial charge is 0.325 e. The highest BCUT2D eigenvalue weighted by Gasteiger charge is 2.37. The molecule has 0 bridgehead atoms. The zero-order valence-electron chi connectivity index (χ0n) is 14.2. The zero-order chi connectivity index (χ0) is 19.6. The first-order valence-corrected chi connectivity index (χ1v) is 10.1. The molecule has 0 aliphatic carbocycles. The summed E-state index contributed by atoms with van der Waals surface area (Å²) in [5.41, 5.74) is 0.0633. The number of nitrogens with zero attached hydrogens (tertiary/aromatic N) is 1. The van der Waals surface area contributed by atoms with Crippen LogP contribution in [-0.4, -0.2) is 31.2 Å². The Bertz CT molecular complexity index is 952. The van der Waals surface area contributed by atoms with Crippen molar-refractivity contribution >= 4 is 33.2 Å². The van der Waals surface area contributed by atoms with Crippen molar-refractivity contribution in [3.63, 3.8) is 0 Å². The van der Waals surface area contributed by atoms with Crippen LogP contribution in [0.5, 0.6) is 0 Å². The fraction of sp³-hybridized carbons (Fsp3) is 0.278. The van der Waals surface area contributed by atoms with E-state index in [-0.39, 0.29) is 17.1 Å². The van der Waals surface area contributed by atoms with Gasteiger partial charge in [0.25, 0.3) is 0 Å². The Morgan fingerprint density at radius 1 is 1.07 bits per heavy atom. The summed E-state index contributed by atoms with van der Waals surface area (Å²) in [6.07, 6.45) is 1.65. The summed E-state index contributed by atoms with van der Waals surface area (Å²) in [7, 11) is -3.90. The smallest absolute Gasteiger partial charge is 0.243 e. The van der Waals surface area contributed by atoms with Gasteiger partial charge in [0.15, 0.2) is 11.6 Å². The Kier molecular flexibility index (Phi) is 5.78. The summed E-state index contributed by atoms with van der Waals surface area (Å²) >= 11 is 5.81. The third-order valence-corrected chi connectivity index (χ3v) is 6.54. The van der Waals surface area contributed by atoms with Crippen molar-refractivity contribution in [3.05, 3.63) is 59.1 Å². The second kappa shape index (κ2) is 7.92. The Hall–Kier alpha value is -2.03. The lowest BCUT2D eigenvalue weighted by atomic mass is 10.0. The van der Waals surface area contributed by atoms with Crippen LogP contribution >= 0.6 is 11.6 Å². The Morgan fingerprint density at radius 3 is 2.44 bits per heavy atom. The fourth-order valence-electron chi connectivity index (χ4n) is 3.00. The highest BCUT2D eigenvalue weighted by Crippen LogP contribution is 2.27. The summed E-state index contributed by atoms with van der Waals surface area (Å²) in [4.78, 5) is 12.7. The SMILES string of the molecule is O=C(Nc1ccc(F)c(F)c1)C1CCCCN1S(=O)(=O)c1ccc(Cl)cc1. The van der Waals surface area contributed by atoms with Gasteiger partial charge in [-0.05, 0) is 49.2 Å². The van der Waals surface area contributed by atoms with Crippen molar-refractivity contribution in [3.8, 4) is 0 Å². The van der Waals surface area contributed by atoms with Gasteiger partial charge in [-0.3, -0.25) is 4.79 Å². The van der Waals surface area contributed by atoms with Gasteiger partial charge in [0.05, 0.1) is 4.90 Å². The lowest BCUT2D eigenvalue weighted by Crippen LogP contribution is -2.49. The molecule has 5 nitrogen and oxygen atoms in total. The van der Waals surface area contributed by atoms with E-state index in [1.54, 1.807) is 0 Å². The van der Waals surface area contributed by atoms with Gasteiger partial charge >= 0.3 is 0 Å². The molecule has 1 aliphatic rings. The minimum Gasteiger partial charge on any atom is -0.325 e. The molecule has 1 aliphatic heterocycles. The Balaban J connectivity index is 1.85. The number of piperidine rings is 1. The number of amides is 1. The lowest BCUT2D eigenvalue weighted by molar-refractivity contribution is -0.120. The van der Waals surface area contributed by atoms with E-state index in [0.717, 1.165) is 16.4 Å². The summed E-state index contributed by atoms with van der Waals surface area (Å²) < 4.78 is 53.5. The molecule has 1 atom stereocenters. The van der Waals surface area contributed by atoms with Crippen LogP contribution in [0.3, 0.4) is 0 Å². The summed E-state index contributed by atoms with van der Waals surface area (Å²) in [6.45, 7) is 0.195. The van der Waals surface area contributed by atoms with Gasteiger partial charge in [0.1, 0.15) is 6.04 Å². The van der Waals surface area contributed by atoms with Gasteiger partial charge in [-0.2, -0.15) is 4.31 Å². The second-order valence-electron chi connectivity index (χ2n) is 6.20. The third kappa shape index (κ3) is 4.28. The number of anilines is 1. The monoisotopic (exact) mass is 414 g/mol. The van der Waals surface area contributed by atoms with Crippen molar-refractivity contribution in [1.29, 1.82) is 0 Å². The molecule has 1 unspecified atom stereocenters. The topological polar surface area (TPSA) is 66.5 Å². The average molecular weight is 415 g/mol. The quantitative estimate of drug-likeness (QED) is 0.827. The maximum atomic E-state index is 13.3. The number of carbonyl (C=O) groups excluding carboxylic acids is 1. The molecule has 1 heterocycles. The predicted molar refractivity (Wildman–Crippen MR) is 98.0 cm³/mol. The van der Waals surface area contributed by atoms with Crippen LogP contribution in [0.4, 0.5) is 14.5 Å². The molecule has 2 aromatic rings. The van der Waals surface area contributed by atoms with E-state index in [1.165, 1.54) is 30.3 Å². The summed E-state index contributed by atoms with van der Waals surface area (Å²) in [6, 6.07) is 7.74. The normalized spacial score (nSPS) is 18.3. The van der Waals surface area contributed by atoms with E-state index in [0.29, 0.717) is 24.3 Å². The first kappa shape index (κ1) is 19.7. The molecular weight excluding hydrogens is 398 g/mol. The maximum Gasteiger partial charge on any atom is 0.243 e. The standard InChI is InChI=1S/C18H17ClF2N2O3S/c19-12-4-7-14(8-5-12)27(25,26)23-10-2-1-3-17(23)18(24)22-13-6-9-15(20)16(21)11-13/h4-9,11,17H,1-3,10H2,(H,22,24). The first-order chi connectivity index (χ1) is 12.8. The van der Waals surface area contributed by atoms with Crippen molar-refractivity contribution in [2.45, 2.75) is 30.2 Å². The molecule has 1 amide bonds. The van der Waals surface area contributed by atoms with Crippen molar-refractivity contribution in [2.75, 3.05) is 11.9 Å². The molecular formula is C18H17ClF2N2O3S. The van der Waals surface area contributed by atoms with Crippen LogP contribution in [-0.2, 0) is 14.8 Å². The number of sulfonamides is 1. The van der Waals surface area contributed by atoms with Gasteiger partial charge in [-0.25, -0.2) is 17.2 Å². The van der Waals surface area contributed by atoms with E-state index in [4.69, 9.17) is 11.6 Å². The van der Waals surface area contributed by atoms with Gasteiger partial charge in [0, 0.05) is 23.3 Å². The summed E-state index contributed by atoms with van der Waals surface area (Å²) in [5.74, 6) is -2.71. The van der Waals surface area contributed by atoms with Crippen LogP contribution in [0.15, 0.2) is 47.4 Å². The van der Waals surface area contributed by atoms with E-state index >= 15 is 0 Å². The average Bonchev–Trinajstić information content (AvgIpc) is 2.65. The number of halogens is 3. The van der Waals surface area contributed by atoms with Crippen LogP contribution < -0.4 is 5.32 Å². The molecule has 1 fully saturated rings. The number of carbonyl (C=O) groups is 1. The maximum absolute atomic E-state index is 13.3. The van der Waals surface area contributed by atoms with Crippen molar-refractivity contribution in [2.24, 2.45) is 0 Å². The van der Waals surface area contributed by atoms with Crippen molar-refractivity contribution in [1.82, 2.24) is 4.31 Å². The predicted octanol–water partition coefficient (Wildman–Crippen LogP) is 3.80. The first-order valence-electron chi connectivity index (χ1n) is 8.32. The Morgan fingerprint density at radius 2 is 1.78 bits per heavy atom.